The van der Waals surface area contributed by atoms with Crippen LogP contribution in [0.2, 0.25) is 0 Å². The lowest BCUT2D eigenvalue weighted by atomic mass is 10.0. The Morgan fingerprint density at radius 2 is 2.33 bits per heavy atom. The number of nitrogens with zero attached hydrogens (tertiary/aromatic N) is 1. The molecule has 1 atom stereocenters. The first kappa shape index (κ1) is 11.6. The Hall–Kier alpha value is -1.48. The minimum atomic E-state index is 0.760. The number of aryl methyl sites for hydroxylation is 1. The molecule has 1 fully saturated rings. The molecule has 1 aromatic carbocycles. The van der Waals surface area contributed by atoms with Gasteiger partial charge in [-0.3, -0.25) is 0 Å². The van der Waals surface area contributed by atoms with E-state index >= 15 is 0 Å². The highest BCUT2D eigenvalue weighted by atomic mass is 15.1. The van der Waals surface area contributed by atoms with Gasteiger partial charge in [0.2, 0.25) is 0 Å². The van der Waals surface area contributed by atoms with E-state index in [9.17, 15) is 0 Å². The highest BCUT2D eigenvalue weighted by Crippen LogP contribution is 2.25. The van der Waals surface area contributed by atoms with Crippen LogP contribution in [0.15, 0.2) is 24.4 Å². The second kappa shape index (κ2) is 4.65. The minimum absolute atomic E-state index is 0.760. The fourth-order valence-electron chi connectivity index (χ4n) is 3.07. The Bertz CT molecular complexity index is 544. The quantitative estimate of drug-likeness (QED) is 0.814. The van der Waals surface area contributed by atoms with Gasteiger partial charge in [-0.05, 0) is 63.0 Å². The van der Waals surface area contributed by atoms with Crippen LogP contribution in [0.25, 0.3) is 10.9 Å². The topological polar surface area (TPSA) is 45.0 Å². The van der Waals surface area contributed by atoms with Crippen LogP contribution >= 0.6 is 0 Å². The molecule has 3 nitrogen and oxygen atoms in total. The van der Waals surface area contributed by atoms with E-state index in [0.29, 0.717) is 0 Å². The summed E-state index contributed by atoms with van der Waals surface area (Å²) in [6, 6.07) is 6.86. The number of aromatic amines is 1. The van der Waals surface area contributed by atoms with Crippen molar-refractivity contribution in [3.63, 3.8) is 0 Å². The van der Waals surface area contributed by atoms with Crippen molar-refractivity contribution in [3.05, 3.63) is 30.0 Å². The van der Waals surface area contributed by atoms with E-state index in [1.165, 1.54) is 42.3 Å². The number of H-pyrrole nitrogens is 1. The Labute approximate surface area is 108 Å². The lowest BCUT2D eigenvalue weighted by molar-refractivity contribution is 0.297. The molecule has 3 heteroatoms. The molecular formula is C15H21N3. The number of likely N-dealkylation sites (tertiary alicyclic amines) is 1. The standard InChI is InChI=1S/C15H21N3/c1-18-8-2-3-13(18)6-4-11-10-17-15-7-5-12(16)9-14(11)15/h5,7,9-10,13,17H,2-4,6,8,16H2,1H3. The summed E-state index contributed by atoms with van der Waals surface area (Å²) in [5.74, 6) is 0. The van der Waals surface area contributed by atoms with Crippen molar-refractivity contribution in [2.45, 2.75) is 31.7 Å². The van der Waals surface area contributed by atoms with Crippen LogP contribution in [0.4, 0.5) is 5.69 Å². The molecule has 0 bridgehead atoms. The molecule has 1 aromatic heterocycles. The molecule has 1 aliphatic heterocycles. The van der Waals surface area contributed by atoms with Crippen LogP contribution in [0.5, 0.6) is 0 Å². The number of hydrogen-bond donors (Lipinski definition) is 2. The van der Waals surface area contributed by atoms with Gasteiger partial charge >= 0.3 is 0 Å². The van der Waals surface area contributed by atoms with Crippen molar-refractivity contribution in [2.75, 3.05) is 19.3 Å². The first-order valence-corrected chi connectivity index (χ1v) is 6.80. The lowest BCUT2D eigenvalue weighted by Gasteiger charge is -2.18. The zero-order chi connectivity index (χ0) is 12.5. The van der Waals surface area contributed by atoms with Gasteiger partial charge in [-0.25, -0.2) is 0 Å². The molecule has 0 spiro atoms. The number of rotatable bonds is 3. The molecule has 3 N–H and O–H groups in total. The third-order valence-corrected chi connectivity index (χ3v) is 4.21. The summed E-state index contributed by atoms with van der Waals surface area (Å²) < 4.78 is 0. The first-order chi connectivity index (χ1) is 8.74. The molecule has 96 valence electrons. The van der Waals surface area contributed by atoms with Crippen LogP contribution in [0.1, 0.15) is 24.8 Å². The predicted octanol–water partition coefficient (Wildman–Crippen LogP) is 2.78. The maximum absolute atomic E-state index is 5.87. The molecule has 0 saturated carbocycles. The number of benzene rings is 1. The monoisotopic (exact) mass is 243 g/mol. The average molecular weight is 243 g/mol. The number of nitrogens with two attached hydrogens (primary N) is 1. The van der Waals surface area contributed by atoms with Crippen molar-refractivity contribution >= 4 is 16.6 Å². The van der Waals surface area contributed by atoms with E-state index < -0.39 is 0 Å². The van der Waals surface area contributed by atoms with Crippen molar-refractivity contribution < 1.29 is 0 Å². The molecule has 0 amide bonds. The molecule has 3 rings (SSSR count). The van der Waals surface area contributed by atoms with Gasteiger partial charge in [0.15, 0.2) is 0 Å². The zero-order valence-corrected chi connectivity index (χ0v) is 10.9. The van der Waals surface area contributed by atoms with Gasteiger partial charge in [-0.15, -0.1) is 0 Å². The number of nitrogens with one attached hydrogen (secondary N) is 1. The van der Waals surface area contributed by atoms with Gasteiger partial charge in [-0.1, -0.05) is 0 Å². The van der Waals surface area contributed by atoms with Crippen molar-refractivity contribution in [1.29, 1.82) is 0 Å². The van der Waals surface area contributed by atoms with E-state index in [1.54, 1.807) is 0 Å². The van der Waals surface area contributed by atoms with Gasteiger partial charge < -0.3 is 15.6 Å². The van der Waals surface area contributed by atoms with Crippen LogP contribution in [-0.2, 0) is 6.42 Å². The van der Waals surface area contributed by atoms with Gasteiger partial charge in [0.1, 0.15) is 0 Å². The number of hydrogen-bond acceptors (Lipinski definition) is 2. The van der Waals surface area contributed by atoms with E-state index in [-0.39, 0.29) is 0 Å². The normalized spacial score (nSPS) is 20.8. The number of aromatic nitrogens is 1. The molecule has 1 unspecified atom stereocenters. The maximum Gasteiger partial charge on any atom is 0.0458 e. The molecule has 2 aromatic rings. The lowest BCUT2D eigenvalue weighted by Crippen LogP contribution is -2.25. The summed E-state index contributed by atoms with van der Waals surface area (Å²) >= 11 is 0. The highest BCUT2D eigenvalue weighted by molar-refractivity contribution is 5.86. The first-order valence-electron chi connectivity index (χ1n) is 6.80. The van der Waals surface area contributed by atoms with E-state index in [0.717, 1.165) is 18.2 Å². The third kappa shape index (κ3) is 2.10. The van der Waals surface area contributed by atoms with Gasteiger partial charge in [0.05, 0.1) is 0 Å². The van der Waals surface area contributed by atoms with Crippen molar-refractivity contribution in [2.24, 2.45) is 0 Å². The van der Waals surface area contributed by atoms with Gasteiger partial charge in [0.25, 0.3) is 0 Å². The highest BCUT2D eigenvalue weighted by Gasteiger charge is 2.20. The van der Waals surface area contributed by atoms with Crippen molar-refractivity contribution in [1.82, 2.24) is 9.88 Å². The Morgan fingerprint density at radius 3 is 3.11 bits per heavy atom. The van der Waals surface area contributed by atoms with Gasteiger partial charge in [-0.2, -0.15) is 0 Å². The van der Waals surface area contributed by atoms with E-state index in [1.807, 2.05) is 6.07 Å². The molecule has 1 saturated heterocycles. The molecular weight excluding hydrogens is 222 g/mol. The third-order valence-electron chi connectivity index (χ3n) is 4.21. The van der Waals surface area contributed by atoms with Crippen LogP contribution in [0.3, 0.4) is 0 Å². The SMILES string of the molecule is CN1CCCC1CCc1c[nH]c2ccc(N)cc12. The molecule has 0 aliphatic carbocycles. The Kier molecular flexibility index (Phi) is 3.00. The second-order valence-corrected chi connectivity index (χ2v) is 5.43. The van der Waals surface area contributed by atoms with E-state index in [4.69, 9.17) is 5.73 Å². The average Bonchev–Trinajstić information content (AvgIpc) is 2.93. The molecule has 1 aliphatic rings. The summed E-state index contributed by atoms with van der Waals surface area (Å²) in [5, 5.41) is 1.29. The number of fused-ring (bicyclic) bond motifs is 1. The fraction of sp³-hybridized carbons (Fsp3) is 0.467. The van der Waals surface area contributed by atoms with E-state index in [2.05, 4.69) is 35.3 Å². The number of nitrogen functional groups attached to an aromatic ring is 1. The smallest absolute Gasteiger partial charge is 0.0458 e. The summed E-state index contributed by atoms with van der Waals surface area (Å²) in [6.07, 6.45) is 7.22. The summed E-state index contributed by atoms with van der Waals surface area (Å²) in [5.41, 5.74) is 9.31. The Balaban J connectivity index is 1.76. The zero-order valence-electron chi connectivity index (χ0n) is 10.9. The van der Waals surface area contributed by atoms with Crippen molar-refractivity contribution in [3.8, 4) is 0 Å². The predicted molar refractivity (Wildman–Crippen MR) is 76.7 cm³/mol. The Morgan fingerprint density at radius 1 is 1.44 bits per heavy atom. The molecule has 18 heavy (non-hydrogen) atoms. The summed E-state index contributed by atoms with van der Waals surface area (Å²) in [4.78, 5) is 5.82. The fourth-order valence-corrected chi connectivity index (χ4v) is 3.07. The maximum atomic E-state index is 5.87. The molecule has 2 heterocycles. The summed E-state index contributed by atoms with van der Waals surface area (Å²) in [6.45, 7) is 1.26. The van der Waals surface area contributed by atoms with Crippen LogP contribution in [0, 0.1) is 0 Å². The summed E-state index contributed by atoms with van der Waals surface area (Å²) in [7, 11) is 2.24. The second-order valence-electron chi connectivity index (χ2n) is 5.43. The minimum Gasteiger partial charge on any atom is -0.399 e. The number of anilines is 1. The van der Waals surface area contributed by atoms with Crippen LogP contribution in [-0.4, -0.2) is 29.5 Å². The largest absolute Gasteiger partial charge is 0.399 e. The molecule has 0 radical (unpaired) electrons. The van der Waals surface area contributed by atoms with Crippen LogP contribution < -0.4 is 5.73 Å². The van der Waals surface area contributed by atoms with Gasteiger partial charge in [0, 0.05) is 28.8 Å².